The van der Waals surface area contributed by atoms with Gasteiger partial charge in [0.15, 0.2) is 11.8 Å². The van der Waals surface area contributed by atoms with E-state index in [1.807, 2.05) is 0 Å². The molecule has 0 fully saturated rings. The first-order chi connectivity index (χ1) is 11.9. The van der Waals surface area contributed by atoms with E-state index in [2.05, 4.69) is 53.3 Å². The van der Waals surface area contributed by atoms with Gasteiger partial charge in [-0.25, -0.2) is 0 Å². The zero-order valence-electron chi connectivity index (χ0n) is 17.5. The topological polar surface area (TPSA) is 167 Å². The quantitative estimate of drug-likeness (QED) is 0.191. The van der Waals surface area contributed by atoms with Crippen molar-refractivity contribution >= 4 is 43.8 Å². The Hall–Kier alpha value is 0.437. The van der Waals surface area contributed by atoms with Crippen LogP contribution in [0.15, 0.2) is 0 Å². The number of nitriles is 2. The molecule has 0 aliphatic heterocycles. The van der Waals surface area contributed by atoms with Gasteiger partial charge in [-0.05, 0) is 12.2 Å². The Kier molecular flexibility index (Phi) is 103. The third-order valence-corrected chi connectivity index (χ3v) is 12.7. The largest absolute Gasteiger partial charge is 0.724 e. The zero-order valence-corrected chi connectivity index (χ0v) is 26.1. The van der Waals surface area contributed by atoms with Gasteiger partial charge in [0.2, 0.25) is 0 Å². The minimum absolute atomic E-state index is 0. The summed E-state index contributed by atoms with van der Waals surface area (Å²) in [5, 5.41) is 41.0. The minimum Gasteiger partial charge on any atom is -0.724 e. The van der Waals surface area contributed by atoms with Gasteiger partial charge in [-0.3, -0.25) is 9.59 Å². The van der Waals surface area contributed by atoms with E-state index in [4.69, 9.17) is 41.1 Å². The summed E-state index contributed by atoms with van der Waals surface area (Å²) >= 11 is 0. The maximum atomic E-state index is 8.24. The Balaban J connectivity index is -0.0000000297. The van der Waals surface area contributed by atoms with E-state index in [1.165, 1.54) is 0 Å². The molecule has 8 nitrogen and oxygen atoms in total. The molecule has 28 heavy (non-hydrogen) atoms. The van der Waals surface area contributed by atoms with E-state index in [0.29, 0.717) is 12.2 Å². The second-order valence-corrected chi connectivity index (χ2v) is 18.0. The van der Waals surface area contributed by atoms with Gasteiger partial charge >= 0.3 is 0 Å². The van der Waals surface area contributed by atoms with Crippen LogP contribution >= 0.6 is 31.7 Å². The first kappa shape index (κ1) is 51.3. The monoisotopic (exact) mass is 836 g/mol. The van der Waals surface area contributed by atoms with Gasteiger partial charge in [0.25, 0.3) is 12.5 Å². The van der Waals surface area contributed by atoms with Crippen molar-refractivity contribution in [1.82, 2.24) is 0 Å². The molecule has 0 saturated carbocycles. The predicted molar refractivity (Wildman–Crippen MR) is 124 cm³/mol. The number of nitrogens with zero attached hydrogens (tertiary/aromatic N) is 4. The van der Waals surface area contributed by atoms with E-state index in [1.54, 1.807) is 11.8 Å². The van der Waals surface area contributed by atoms with Gasteiger partial charge in [0.1, 0.15) is 0 Å². The average molecular weight is 837 g/mol. The van der Waals surface area contributed by atoms with Crippen LogP contribution < -0.4 is 0 Å². The van der Waals surface area contributed by atoms with Crippen LogP contribution in [0.1, 0.15) is 0 Å². The molecule has 0 aromatic carbocycles. The van der Waals surface area contributed by atoms with Crippen LogP contribution in [0.25, 0.3) is 10.8 Å². The second-order valence-electron chi connectivity index (χ2n) is 5.56. The van der Waals surface area contributed by atoms with Gasteiger partial charge in [-0.1, -0.05) is 0 Å². The molecule has 0 aromatic heterocycles. The maximum Gasteiger partial charge on any atom is 0.283 e. The van der Waals surface area contributed by atoms with Gasteiger partial charge in [0.05, 0.1) is 0 Å². The third-order valence-electron chi connectivity index (χ3n) is 1.41. The summed E-state index contributed by atoms with van der Waals surface area (Å²) in [6.45, 7) is 19.1. The summed E-state index contributed by atoms with van der Waals surface area (Å²) in [5.74, 6) is 3.13. The molecule has 0 aromatic rings. The number of aliphatic hydroxyl groups is 2. The number of isocyanates is 2. The van der Waals surface area contributed by atoms with Crippen LogP contribution in [-0.2, 0) is 51.7 Å². The fourth-order valence-electron chi connectivity index (χ4n) is 1.41. The fourth-order valence-corrected chi connectivity index (χ4v) is 12.7. The summed E-state index contributed by atoms with van der Waals surface area (Å²) in [7, 11) is 0.444. The van der Waals surface area contributed by atoms with Gasteiger partial charge in [-0.15, -0.1) is 0 Å². The smallest absolute Gasteiger partial charge is 0.283 e. The Morgan fingerprint density at radius 2 is 0.714 bits per heavy atom. The van der Waals surface area contributed by atoms with Gasteiger partial charge in [0, 0.05) is 127 Å². The van der Waals surface area contributed by atoms with Crippen LogP contribution in [0.2, 0.25) is 0 Å². The molecule has 0 radical (unpaired) electrons. The molecule has 0 unspecified atom stereocenters. The minimum atomic E-state index is 0. The van der Waals surface area contributed by atoms with Crippen molar-refractivity contribution < 1.29 is 61.9 Å². The fraction of sp³-hybridized carbons (Fsp3) is 0.714. The average Bonchev–Trinajstić information content (AvgIpc) is 2.39. The first-order valence-corrected chi connectivity index (χ1v) is 18.0. The van der Waals surface area contributed by atoms with Crippen molar-refractivity contribution in [3.8, 4) is 12.5 Å². The Morgan fingerprint density at radius 1 is 0.643 bits per heavy atom. The van der Waals surface area contributed by atoms with Crippen molar-refractivity contribution in [2.45, 2.75) is 0 Å². The van der Waals surface area contributed by atoms with Gasteiger partial charge < -0.3 is 21.0 Å². The van der Waals surface area contributed by atoms with Crippen LogP contribution in [0, 0.1) is 23.0 Å². The molecule has 0 aliphatic rings. The Morgan fingerprint density at radius 3 is 0.714 bits per heavy atom. The molecule has 0 saturated heterocycles. The number of hydrogen-bond donors (Lipinski definition) is 2. The SMILES string of the molecule is C[PH+](C)C[PH+](C)C.C[PH+](C)C[PH+](C)C.N#CO.N#CO.[N-]=C=O.[N-]=C=O.[Pt].[Pt]. The molecule has 0 aliphatic carbocycles. The van der Waals surface area contributed by atoms with Crippen LogP contribution in [0.5, 0.6) is 0 Å². The molecule has 2 N–H and O–H groups in total. The summed E-state index contributed by atoms with van der Waals surface area (Å²) in [6, 6.07) is 0. The van der Waals surface area contributed by atoms with Gasteiger partial charge in [-0.2, -0.15) is 10.5 Å². The molecule has 0 heterocycles. The van der Waals surface area contributed by atoms with Crippen LogP contribution in [0.4, 0.5) is 0 Å². The Bertz CT molecular complexity index is 357. The second kappa shape index (κ2) is 56.4. The van der Waals surface area contributed by atoms with E-state index >= 15 is 0 Å². The maximum absolute atomic E-state index is 8.24. The molecule has 172 valence electrons. The van der Waals surface area contributed by atoms with Crippen molar-refractivity contribution in [3.05, 3.63) is 10.8 Å². The van der Waals surface area contributed by atoms with Crippen molar-refractivity contribution in [2.75, 3.05) is 65.1 Å². The predicted octanol–water partition coefficient (Wildman–Crippen LogP) is 3.24. The molecule has 0 bridgehead atoms. The van der Waals surface area contributed by atoms with Crippen molar-refractivity contribution in [3.63, 3.8) is 0 Å². The number of rotatable bonds is 4. The molecule has 0 spiro atoms. The molecular weight excluding hydrogens is 802 g/mol. The molecule has 14 heteroatoms. The molecule has 0 amide bonds. The van der Waals surface area contributed by atoms with Crippen LogP contribution in [-0.4, -0.2) is 87.5 Å². The van der Waals surface area contributed by atoms with Crippen molar-refractivity contribution in [1.29, 1.82) is 10.5 Å². The van der Waals surface area contributed by atoms with E-state index in [0.717, 1.165) is 12.5 Å². The third kappa shape index (κ3) is 240. The first-order valence-electron chi connectivity index (χ1n) is 7.16. The van der Waals surface area contributed by atoms with E-state index in [9.17, 15) is 0 Å². The number of carbonyl (C=O) groups excluding carboxylic acids is 2. The van der Waals surface area contributed by atoms with E-state index < -0.39 is 0 Å². The summed E-state index contributed by atoms with van der Waals surface area (Å²) in [6.07, 6.45) is 2.50. The van der Waals surface area contributed by atoms with E-state index in [-0.39, 0.29) is 73.8 Å². The summed E-state index contributed by atoms with van der Waals surface area (Å²) in [4.78, 5) is 16.5. The number of aliphatic hydroxyl groups excluding tert-OH is 2. The summed E-state index contributed by atoms with van der Waals surface area (Å²) in [5.41, 5.74) is 0. The molecule has 0 atom stereocenters. The number of hydrogen-bond acceptors (Lipinski definition) is 6. The Labute approximate surface area is 203 Å². The molecular formula is C14H34N4O4P4Pt2+2. The summed E-state index contributed by atoms with van der Waals surface area (Å²) < 4.78 is 0. The standard InChI is InChI=1S/2C5H14P2.2CHNO.2CNO.2Pt/c2*1-6(2)5-7(3)4;4*2-1-3;;/h2*5H2,1-4H3;2*3H;;;;/q;;;;2*-1;;/p+4. The zero-order chi connectivity index (χ0) is 22.6. The van der Waals surface area contributed by atoms with Crippen molar-refractivity contribution in [2.24, 2.45) is 0 Å². The molecule has 0 rings (SSSR count). The van der Waals surface area contributed by atoms with Crippen LogP contribution in [0.3, 0.4) is 0 Å². The normalized spacial score (nSPS) is 6.64.